The largest absolute Gasteiger partial charge is 0.345 e. The molecule has 30 heavy (non-hydrogen) atoms. The average molecular weight is 430 g/mol. The van der Waals surface area contributed by atoms with Crippen molar-refractivity contribution >= 4 is 44.4 Å². The highest BCUT2D eigenvalue weighted by Crippen LogP contribution is 2.31. The number of aromatic nitrogens is 1. The first-order valence-corrected chi connectivity index (χ1v) is 9.94. The molecule has 0 aliphatic carbocycles. The van der Waals surface area contributed by atoms with Crippen LogP contribution in [0.4, 0.5) is 19.6 Å². The molecule has 1 aliphatic rings. The highest BCUT2D eigenvalue weighted by Gasteiger charge is 2.23. The number of nitro benzene ring substituents is 1. The van der Waals surface area contributed by atoms with Crippen LogP contribution in [0.1, 0.15) is 5.56 Å². The first-order valence-electron chi connectivity index (χ1n) is 9.13. The number of benzene rings is 2. The summed E-state index contributed by atoms with van der Waals surface area (Å²) in [6, 6.07) is 8.11. The van der Waals surface area contributed by atoms with Gasteiger partial charge in [-0.3, -0.25) is 14.9 Å². The molecule has 1 aliphatic heterocycles. The Balaban J connectivity index is 1.39. The number of hydrogen-bond donors (Lipinski definition) is 0. The summed E-state index contributed by atoms with van der Waals surface area (Å²) < 4.78 is 27.7. The van der Waals surface area contributed by atoms with Gasteiger partial charge in [0.1, 0.15) is 11.3 Å². The Kier molecular flexibility index (Phi) is 5.40. The zero-order valence-corrected chi connectivity index (χ0v) is 16.4. The van der Waals surface area contributed by atoms with Crippen LogP contribution in [0.25, 0.3) is 16.3 Å². The van der Waals surface area contributed by atoms with Crippen LogP contribution >= 0.6 is 11.3 Å². The fourth-order valence-electron chi connectivity index (χ4n) is 3.21. The molecule has 1 aromatic heterocycles. The summed E-state index contributed by atoms with van der Waals surface area (Å²) in [5, 5.41) is 11.4. The van der Waals surface area contributed by atoms with E-state index in [4.69, 9.17) is 0 Å². The fourth-order valence-corrected chi connectivity index (χ4v) is 4.27. The standard InChI is InChI=1S/C20H16F2N4O3S/c21-14-11-16(22)19-17(12-14)30-20(23-19)25-8-6-24(7-9-25)18(27)5-4-13-2-1-3-15(10-13)26(28)29/h1-5,10-12H,6-9H2. The van der Waals surface area contributed by atoms with Crippen LogP contribution in [-0.4, -0.2) is 46.9 Å². The van der Waals surface area contributed by atoms with Gasteiger partial charge in [-0.05, 0) is 17.7 Å². The van der Waals surface area contributed by atoms with Crippen molar-refractivity contribution in [2.75, 3.05) is 31.1 Å². The maximum Gasteiger partial charge on any atom is 0.270 e. The first kappa shape index (κ1) is 19.9. The second kappa shape index (κ2) is 8.15. The molecule has 2 aromatic carbocycles. The van der Waals surface area contributed by atoms with Gasteiger partial charge < -0.3 is 9.80 Å². The van der Waals surface area contributed by atoms with E-state index in [2.05, 4.69) is 4.98 Å². The monoisotopic (exact) mass is 430 g/mol. The number of non-ortho nitro benzene ring substituents is 1. The van der Waals surface area contributed by atoms with Crippen molar-refractivity contribution in [1.29, 1.82) is 0 Å². The zero-order valence-electron chi connectivity index (χ0n) is 15.6. The third-order valence-electron chi connectivity index (χ3n) is 4.76. The fraction of sp³-hybridized carbons (Fsp3) is 0.200. The molecule has 7 nitrogen and oxygen atoms in total. The van der Waals surface area contributed by atoms with Gasteiger partial charge in [0.25, 0.3) is 5.69 Å². The van der Waals surface area contributed by atoms with Crippen LogP contribution in [-0.2, 0) is 4.79 Å². The minimum Gasteiger partial charge on any atom is -0.345 e. The first-order chi connectivity index (χ1) is 14.4. The van der Waals surface area contributed by atoms with E-state index in [0.29, 0.717) is 41.6 Å². The number of nitro groups is 1. The normalized spacial score (nSPS) is 14.6. The summed E-state index contributed by atoms with van der Waals surface area (Å²) in [6.07, 6.45) is 2.94. The van der Waals surface area contributed by atoms with Gasteiger partial charge in [-0.15, -0.1) is 0 Å². The van der Waals surface area contributed by atoms with Crippen molar-refractivity contribution < 1.29 is 18.5 Å². The predicted octanol–water partition coefficient (Wildman–Crippen LogP) is 3.84. The molecule has 0 unspecified atom stereocenters. The van der Waals surface area contributed by atoms with E-state index in [1.807, 2.05) is 4.90 Å². The van der Waals surface area contributed by atoms with Gasteiger partial charge in [0.15, 0.2) is 10.9 Å². The number of carbonyl (C=O) groups is 1. The summed E-state index contributed by atoms with van der Waals surface area (Å²) in [6.45, 7) is 1.93. The molecule has 154 valence electrons. The minimum atomic E-state index is -0.687. The maximum absolute atomic E-state index is 13.9. The summed E-state index contributed by atoms with van der Waals surface area (Å²) in [5.41, 5.74) is 0.681. The quantitative estimate of drug-likeness (QED) is 0.357. The van der Waals surface area contributed by atoms with Crippen molar-refractivity contribution in [1.82, 2.24) is 9.88 Å². The molecule has 0 saturated carbocycles. The Morgan fingerprint density at radius 2 is 1.93 bits per heavy atom. The van der Waals surface area contributed by atoms with E-state index in [1.165, 1.54) is 35.6 Å². The lowest BCUT2D eigenvalue weighted by atomic mass is 10.2. The number of hydrogen-bond acceptors (Lipinski definition) is 6. The Bertz CT molecular complexity index is 1160. The van der Waals surface area contributed by atoms with E-state index in [1.54, 1.807) is 23.1 Å². The van der Waals surface area contributed by atoms with E-state index < -0.39 is 16.6 Å². The molecule has 0 N–H and O–H groups in total. The van der Waals surface area contributed by atoms with Crippen LogP contribution in [0, 0.1) is 21.7 Å². The molecule has 1 fully saturated rings. The van der Waals surface area contributed by atoms with E-state index >= 15 is 0 Å². The summed E-state index contributed by atoms with van der Waals surface area (Å²) in [7, 11) is 0. The third kappa shape index (κ3) is 4.13. The smallest absolute Gasteiger partial charge is 0.270 e. The molecule has 1 saturated heterocycles. The molecule has 10 heteroatoms. The molecule has 0 bridgehead atoms. The number of thiazole rings is 1. The molecule has 1 amide bonds. The van der Waals surface area contributed by atoms with E-state index in [9.17, 15) is 23.7 Å². The highest BCUT2D eigenvalue weighted by atomic mass is 32.1. The van der Waals surface area contributed by atoms with Crippen LogP contribution in [0.2, 0.25) is 0 Å². The number of halogens is 2. The second-order valence-electron chi connectivity index (χ2n) is 6.73. The second-order valence-corrected chi connectivity index (χ2v) is 7.74. The van der Waals surface area contributed by atoms with Gasteiger partial charge in [0.2, 0.25) is 5.91 Å². The maximum atomic E-state index is 13.9. The van der Waals surface area contributed by atoms with Crippen LogP contribution in [0.3, 0.4) is 0 Å². The topological polar surface area (TPSA) is 79.6 Å². The Morgan fingerprint density at radius 1 is 1.17 bits per heavy atom. The number of fused-ring (bicyclic) bond motifs is 1. The minimum absolute atomic E-state index is 0.0367. The number of piperazine rings is 1. The Labute approximate surface area is 174 Å². The van der Waals surface area contributed by atoms with Crippen molar-refractivity contribution in [3.63, 3.8) is 0 Å². The number of carbonyl (C=O) groups excluding carboxylic acids is 1. The molecule has 0 radical (unpaired) electrons. The van der Waals surface area contributed by atoms with Gasteiger partial charge >= 0.3 is 0 Å². The van der Waals surface area contributed by atoms with Gasteiger partial charge in [-0.25, -0.2) is 13.8 Å². The van der Waals surface area contributed by atoms with Crippen molar-refractivity contribution in [2.24, 2.45) is 0 Å². The van der Waals surface area contributed by atoms with Crippen molar-refractivity contribution in [3.8, 4) is 0 Å². The molecular weight excluding hydrogens is 414 g/mol. The third-order valence-corrected chi connectivity index (χ3v) is 5.83. The SMILES string of the molecule is O=C(C=Cc1cccc([N+](=O)[O-])c1)N1CCN(c2nc3c(F)cc(F)cc3s2)CC1. The molecule has 4 rings (SSSR count). The number of anilines is 1. The van der Waals surface area contributed by atoms with Crippen molar-refractivity contribution in [2.45, 2.75) is 0 Å². The molecule has 3 aromatic rings. The van der Waals surface area contributed by atoms with Gasteiger partial charge in [0.05, 0.1) is 9.62 Å². The summed E-state index contributed by atoms with van der Waals surface area (Å²) in [4.78, 5) is 30.7. The highest BCUT2D eigenvalue weighted by molar-refractivity contribution is 7.22. The summed E-state index contributed by atoms with van der Waals surface area (Å²) >= 11 is 1.22. The molecule has 2 heterocycles. The van der Waals surface area contributed by atoms with Crippen LogP contribution < -0.4 is 4.90 Å². The number of rotatable bonds is 4. The van der Waals surface area contributed by atoms with Crippen LogP contribution in [0.15, 0.2) is 42.5 Å². The van der Waals surface area contributed by atoms with E-state index in [0.717, 1.165) is 6.07 Å². The number of nitrogens with zero attached hydrogens (tertiary/aromatic N) is 4. The van der Waals surface area contributed by atoms with Gasteiger partial charge in [-0.1, -0.05) is 23.5 Å². The lowest BCUT2D eigenvalue weighted by molar-refractivity contribution is -0.384. The van der Waals surface area contributed by atoms with Crippen molar-refractivity contribution in [3.05, 3.63) is 69.8 Å². The van der Waals surface area contributed by atoms with Gasteiger partial charge in [-0.2, -0.15) is 0 Å². The van der Waals surface area contributed by atoms with Gasteiger partial charge in [0, 0.05) is 50.5 Å². The van der Waals surface area contributed by atoms with Crippen LogP contribution in [0.5, 0.6) is 0 Å². The zero-order chi connectivity index (χ0) is 21.3. The Morgan fingerprint density at radius 3 is 2.67 bits per heavy atom. The molecule has 0 spiro atoms. The Hall–Kier alpha value is -3.40. The lowest BCUT2D eigenvalue weighted by Gasteiger charge is -2.34. The summed E-state index contributed by atoms with van der Waals surface area (Å²) in [5.74, 6) is -1.52. The lowest BCUT2D eigenvalue weighted by Crippen LogP contribution is -2.48. The molecular formula is C20H16F2N4O3S. The number of amides is 1. The molecule has 0 atom stereocenters. The van der Waals surface area contributed by atoms with E-state index in [-0.39, 0.29) is 17.1 Å². The average Bonchev–Trinajstić information content (AvgIpc) is 3.17. The predicted molar refractivity (Wildman–Crippen MR) is 110 cm³/mol.